The zero-order valence-electron chi connectivity index (χ0n) is 12.8. The highest BCUT2D eigenvalue weighted by Crippen LogP contribution is 2.34. The molecule has 22 heavy (non-hydrogen) atoms. The van der Waals surface area contributed by atoms with Crippen molar-refractivity contribution in [2.45, 2.75) is 39.2 Å². The minimum Gasteiger partial charge on any atom is -0.466 e. The molecule has 2 aromatic rings. The fourth-order valence-corrected chi connectivity index (χ4v) is 3.26. The lowest BCUT2D eigenvalue weighted by molar-refractivity contribution is -0.155. The number of fused-ring (bicyclic) bond motifs is 1. The maximum Gasteiger partial charge on any atom is 0.309 e. The SMILES string of the molecule is CCCC(=O)O[C@@H](CC(=O)OCC)c1csc2ccccc12. The minimum absolute atomic E-state index is 0.0457. The molecule has 0 aliphatic carbocycles. The highest BCUT2D eigenvalue weighted by Gasteiger charge is 2.23. The van der Waals surface area contributed by atoms with Crippen LogP contribution in [0.15, 0.2) is 29.6 Å². The molecule has 118 valence electrons. The van der Waals surface area contributed by atoms with Crippen LogP contribution in [-0.2, 0) is 19.1 Å². The molecule has 0 aliphatic heterocycles. The van der Waals surface area contributed by atoms with Crippen molar-refractivity contribution < 1.29 is 19.1 Å². The molecule has 1 heterocycles. The molecule has 0 bridgehead atoms. The first-order valence-corrected chi connectivity index (χ1v) is 8.34. The number of ether oxygens (including phenoxy) is 2. The predicted molar refractivity (Wildman–Crippen MR) is 86.8 cm³/mol. The number of carbonyl (C=O) groups excluding carboxylic acids is 2. The van der Waals surface area contributed by atoms with E-state index >= 15 is 0 Å². The lowest BCUT2D eigenvalue weighted by atomic mass is 10.1. The van der Waals surface area contributed by atoms with Crippen LogP contribution < -0.4 is 0 Å². The average molecular weight is 320 g/mol. The second-order valence-corrected chi connectivity index (χ2v) is 5.84. The maximum absolute atomic E-state index is 11.9. The molecule has 0 unspecified atom stereocenters. The molecule has 1 atom stereocenters. The van der Waals surface area contributed by atoms with Crippen molar-refractivity contribution >= 4 is 33.4 Å². The van der Waals surface area contributed by atoms with Gasteiger partial charge in [-0.1, -0.05) is 25.1 Å². The summed E-state index contributed by atoms with van der Waals surface area (Å²) in [4.78, 5) is 23.7. The molecule has 4 nitrogen and oxygen atoms in total. The van der Waals surface area contributed by atoms with Gasteiger partial charge in [-0.05, 0) is 30.2 Å². The molecule has 5 heteroatoms. The molecular formula is C17H20O4S. The minimum atomic E-state index is -0.589. The number of esters is 2. The summed E-state index contributed by atoms with van der Waals surface area (Å²) in [5.41, 5.74) is 0.873. The average Bonchev–Trinajstić information content (AvgIpc) is 2.91. The Morgan fingerprint density at radius 1 is 1.18 bits per heavy atom. The van der Waals surface area contributed by atoms with Crippen LogP contribution in [0.5, 0.6) is 0 Å². The smallest absolute Gasteiger partial charge is 0.309 e. The lowest BCUT2D eigenvalue weighted by Gasteiger charge is -2.17. The third-order valence-corrected chi connectivity index (χ3v) is 4.22. The van der Waals surface area contributed by atoms with Crippen molar-refractivity contribution in [3.8, 4) is 0 Å². The van der Waals surface area contributed by atoms with Crippen LogP contribution in [0.4, 0.5) is 0 Å². The van der Waals surface area contributed by atoms with Crippen molar-refractivity contribution in [2.75, 3.05) is 6.61 Å². The van der Waals surface area contributed by atoms with E-state index in [1.165, 1.54) is 0 Å². The monoisotopic (exact) mass is 320 g/mol. The van der Waals surface area contributed by atoms with E-state index in [0.717, 1.165) is 22.1 Å². The number of rotatable bonds is 7. The van der Waals surface area contributed by atoms with Crippen LogP contribution in [0.25, 0.3) is 10.1 Å². The van der Waals surface area contributed by atoms with Crippen LogP contribution in [0.3, 0.4) is 0 Å². The molecule has 0 N–H and O–H groups in total. The Hall–Kier alpha value is -1.88. The molecular weight excluding hydrogens is 300 g/mol. The molecule has 0 amide bonds. The van der Waals surface area contributed by atoms with Gasteiger partial charge in [-0.25, -0.2) is 0 Å². The van der Waals surface area contributed by atoms with Gasteiger partial charge in [0.1, 0.15) is 6.10 Å². The van der Waals surface area contributed by atoms with Gasteiger partial charge in [0, 0.05) is 16.7 Å². The Bertz CT molecular complexity index is 627. The van der Waals surface area contributed by atoms with E-state index < -0.39 is 6.10 Å². The van der Waals surface area contributed by atoms with Gasteiger partial charge in [0.05, 0.1) is 13.0 Å². The van der Waals surface area contributed by atoms with E-state index in [0.29, 0.717) is 13.0 Å². The molecule has 0 spiro atoms. The molecule has 0 saturated carbocycles. The molecule has 0 saturated heterocycles. The standard InChI is InChI=1S/C17H20O4S/c1-3-7-16(18)21-14(10-17(19)20-4-2)13-11-22-15-9-6-5-8-12(13)15/h5-6,8-9,11,14H,3-4,7,10H2,1-2H3/t14-/m0/s1. The van der Waals surface area contributed by atoms with Crippen LogP contribution in [0.2, 0.25) is 0 Å². The van der Waals surface area contributed by atoms with Gasteiger partial charge in [0.2, 0.25) is 0 Å². The predicted octanol–water partition coefficient (Wildman–Crippen LogP) is 4.24. The van der Waals surface area contributed by atoms with E-state index in [9.17, 15) is 9.59 Å². The Balaban J connectivity index is 2.26. The first-order chi connectivity index (χ1) is 10.7. The van der Waals surface area contributed by atoms with Crippen molar-refractivity contribution in [2.24, 2.45) is 0 Å². The third kappa shape index (κ3) is 4.07. The zero-order chi connectivity index (χ0) is 15.9. The second kappa shape index (κ2) is 7.94. The van der Waals surface area contributed by atoms with E-state index in [2.05, 4.69) is 0 Å². The Kier molecular flexibility index (Phi) is 5.95. The van der Waals surface area contributed by atoms with Gasteiger partial charge < -0.3 is 9.47 Å². The molecule has 0 radical (unpaired) electrons. The fraction of sp³-hybridized carbons (Fsp3) is 0.412. The Morgan fingerprint density at radius 2 is 1.95 bits per heavy atom. The third-order valence-electron chi connectivity index (χ3n) is 3.24. The number of hydrogen-bond acceptors (Lipinski definition) is 5. The van der Waals surface area contributed by atoms with Gasteiger partial charge in [0.15, 0.2) is 0 Å². The normalized spacial score (nSPS) is 12.1. The van der Waals surface area contributed by atoms with E-state index in [1.807, 2.05) is 36.6 Å². The van der Waals surface area contributed by atoms with Gasteiger partial charge >= 0.3 is 11.9 Å². The maximum atomic E-state index is 11.9. The number of carbonyl (C=O) groups is 2. The van der Waals surface area contributed by atoms with Crippen molar-refractivity contribution in [1.82, 2.24) is 0 Å². The summed E-state index contributed by atoms with van der Waals surface area (Å²) < 4.78 is 11.6. The lowest BCUT2D eigenvalue weighted by Crippen LogP contribution is -2.16. The summed E-state index contributed by atoms with van der Waals surface area (Å²) in [6.45, 7) is 4.00. The molecule has 1 aromatic heterocycles. The first kappa shape index (κ1) is 16.5. The van der Waals surface area contributed by atoms with Crippen molar-refractivity contribution in [3.63, 3.8) is 0 Å². The summed E-state index contributed by atoms with van der Waals surface area (Å²) in [6, 6.07) is 7.89. The van der Waals surface area contributed by atoms with Gasteiger partial charge in [-0.15, -0.1) is 11.3 Å². The van der Waals surface area contributed by atoms with Crippen LogP contribution >= 0.6 is 11.3 Å². The van der Waals surface area contributed by atoms with Gasteiger partial charge in [-0.2, -0.15) is 0 Å². The summed E-state index contributed by atoms with van der Waals surface area (Å²) in [5, 5.41) is 2.97. The van der Waals surface area contributed by atoms with Crippen molar-refractivity contribution in [1.29, 1.82) is 0 Å². The van der Waals surface area contributed by atoms with E-state index in [4.69, 9.17) is 9.47 Å². The first-order valence-electron chi connectivity index (χ1n) is 7.46. The highest BCUT2D eigenvalue weighted by atomic mass is 32.1. The molecule has 1 aromatic carbocycles. The Labute approximate surface area is 134 Å². The number of benzene rings is 1. The molecule has 2 rings (SSSR count). The summed E-state index contributed by atoms with van der Waals surface area (Å²) in [6.07, 6.45) is 0.523. The van der Waals surface area contributed by atoms with Crippen LogP contribution in [0, 0.1) is 0 Å². The van der Waals surface area contributed by atoms with Crippen LogP contribution in [0.1, 0.15) is 44.8 Å². The van der Waals surface area contributed by atoms with E-state index in [1.54, 1.807) is 18.3 Å². The molecule has 0 fully saturated rings. The van der Waals surface area contributed by atoms with Crippen molar-refractivity contribution in [3.05, 3.63) is 35.2 Å². The number of thiophene rings is 1. The van der Waals surface area contributed by atoms with Gasteiger partial charge in [-0.3, -0.25) is 9.59 Å². The molecule has 0 aliphatic rings. The number of hydrogen-bond donors (Lipinski definition) is 0. The summed E-state index contributed by atoms with van der Waals surface area (Å²) >= 11 is 1.58. The summed E-state index contributed by atoms with van der Waals surface area (Å²) in [5.74, 6) is -0.640. The van der Waals surface area contributed by atoms with Gasteiger partial charge in [0.25, 0.3) is 0 Å². The van der Waals surface area contributed by atoms with E-state index in [-0.39, 0.29) is 18.4 Å². The van der Waals surface area contributed by atoms with Crippen LogP contribution in [-0.4, -0.2) is 18.5 Å². The quantitative estimate of drug-likeness (QED) is 0.716. The largest absolute Gasteiger partial charge is 0.466 e. The Morgan fingerprint density at radius 3 is 2.68 bits per heavy atom. The highest BCUT2D eigenvalue weighted by molar-refractivity contribution is 7.17. The fourth-order valence-electron chi connectivity index (χ4n) is 2.26. The summed E-state index contributed by atoms with van der Waals surface area (Å²) in [7, 11) is 0. The second-order valence-electron chi connectivity index (χ2n) is 4.92. The topological polar surface area (TPSA) is 52.6 Å². The zero-order valence-corrected chi connectivity index (χ0v) is 13.7.